The van der Waals surface area contributed by atoms with E-state index in [-0.39, 0.29) is 6.61 Å². The summed E-state index contributed by atoms with van der Waals surface area (Å²) in [4.78, 5) is 24.9. The van der Waals surface area contributed by atoms with Crippen molar-refractivity contribution in [1.82, 2.24) is 5.43 Å². The molecule has 0 radical (unpaired) electrons. The highest BCUT2D eigenvalue weighted by molar-refractivity contribution is 7.21. The average molecular weight is 479 g/mol. The van der Waals surface area contributed by atoms with Crippen molar-refractivity contribution in [3.63, 3.8) is 0 Å². The number of carbonyl (C=O) groups is 2. The second kappa shape index (κ2) is 10.3. The Bertz CT molecular complexity index is 1350. The maximum Gasteiger partial charge on any atom is 0.355 e. The van der Waals surface area contributed by atoms with Crippen molar-refractivity contribution < 1.29 is 19.1 Å². The number of rotatable bonds is 7. The van der Waals surface area contributed by atoms with Gasteiger partial charge >= 0.3 is 5.97 Å². The van der Waals surface area contributed by atoms with Crippen LogP contribution in [-0.4, -0.2) is 24.7 Å². The van der Waals surface area contributed by atoms with E-state index < -0.39 is 11.9 Å². The number of ether oxygens (including phenoxy) is 2. The predicted molar refractivity (Wildman–Crippen MR) is 131 cm³/mol. The molecule has 0 fully saturated rings. The minimum atomic E-state index is -0.531. The first-order valence-electron chi connectivity index (χ1n) is 10.0. The number of hydrazone groups is 1. The molecule has 4 rings (SSSR count). The van der Waals surface area contributed by atoms with E-state index in [0.717, 1.165) is 15.6 Å². The van der Waals surface area contributed by atoms with E-state index >= 15 is 0 Å². The van der Waals surface area contributed by atoms with Crippen LogP contribution in [0, 0.1) is 6.92 Å². The summed E-state index contributed by atoms with van der Waals surface area (Å²) in [5.74, 6) is 0.0602. The van der Waals surface area contributed by atoms with E-state index in [9.17, 15) is 9.59 Å². The van der Waals surface area contributed by atoms with Crippen LogP contribution in [0.4, 0.5) is 0 Å². The van der Waals surface area contributed by atoms with Gasteiger partial charge in [0.1, 0.15) is 16.4 Å². The highest BCUT2D eigenvalue weighted by Crippen LogP contribution is 2.35. The number of thiophene rings is 1. The summed E-state index contributed by atoms with van der Waals surface area (Å²) in [6.07, 6.45) is 1.45. The van der Waals surface area contributed by atoms with Crippen LogP contribution in [0.1, 0.15) is 20.8 Å². The van der Waals surface area contributed by atoms with Crippen molar-refractivity contribution in [2.45, 2.75) is 6.92 Å². The molecule has 0 saturated carbocycles. The first-order chi connectivity index (χ1) is 16.0. The van der Waals surface area contributed by atoms with Gasteiger partial charge in [-0.1, -0.05) is 60.1 Å². The zero-order valence-corrected chi connectivity index (χ0v) is 19.2. The van der Waals surface area contributed by atoms with Gasteiger partial charge in [-0.2, -0.15) is 5.10 Å². The Morgan fingerprint density at radius 2 is 1.85 bits per heavy atom. The summed E-state index contributed by atoms with van der Waals surface area (Å²) in [5, 5.41) is 5.14. The first-order valence-corrected chi connectivity index (χ1v) is 11.2. The molecule has 33 heavy (non-hydrogen) atoms. The number of aryl methyl sites for hydroxylation is 1. The van der Waals surface area contributed by atoms with Crippen LogP contribution in [0.3, 0.4) is 0 Å². The number of halogens is 1. The number of para-hydroxylation sites is 1. The smallest absolute Gasteiger partial charge is 0.355 e. The fourth-order valence-corrected chi connectivity index (χ4v) is 4.41. The second-order valence-corrected chi connectivity index (χ2v) is 8.48. The van der Waals surface area contributed by atoms with Gasteiger partial charge in [0.15, 0.2) is 6.61 Å². The fraction of sp³-hybridized carbons (Fsp3) is 0.0800. The van der Waals surface area contributed by atoms with Crippen molar-refractivity contribution in [1.29, 1.82) is 0 Å². The van der Waals surface area contributed by atoms with Crippen LogP contribution < -0.4 is 14.9 Å². The second-order valence-electron chi connectivity index (χ2n) is 7.05. The van der Waals surface area contributed by atoms with Gasteiger partial charge in [0.25, 0.3) is 5.91 Å². The van der Waals surface area contributed by atoms with Gasteiger partial charge in [-0.05, 0) is 42.3 Å². The number of amides is 1. The minimum absolute atomic E-state index is 0.157. The standard InChI is InChI=1S/C25H19ClN2O4S/c1-16-7-2-4-11-20(16)31-15-22(29)28-27-14-17-8-6-9-18(13-17)32-25(30)24-23(26)19-10-3-5-12-21(19)33-24/h2-14H,15H2,1H3,(H,28,29)/b27-14-. The Morgan fingerprint density at radius 1 is 1.06 bits per heavy atom. The summed E-state index contributed by atoms with van der Waals surface area (Å²) < 4.78 is 11.9. The van der Waals surface area contributed by atoms with Gasteiger partial charge in [-0.15, -0.1) is 11.3 Å². The monoisotopic (exact) mass is 478 g/mol. The van der Waals surface area contributed by atoms with Gasteiger partial charge in [0.2, 0.25) is 0 Å². The first kappa shape index (κ1) is 22.5. The summed E-state index contributed by atoms with van der Waals surface area (Å²) in [5.41, 5.74) is 3.99. The Labute approximate surface area is 199 Å². The minimum Gasteiger partial charge on any atom is -0.483 e. The SMILES string of the molecule is Cc1ccccc1OCC(=O)N/N=C\c1cccc(OC(=O)c2sc3ccccc3c2Cl)c1. The third kappa shape index (κ3) is 5.58. The summed E-state index contributed by atoms with van der Waals surface area (Å²) in [6, 6.07) is 21.7. The molecule has 3 aromatic carbocycles. The molecule has 0 unspecified atom stereocenters. The molecule has 1 amide bonds. The molecule has 0 aliphatic rings. The molecule has 0 aliphatic heterocycles. The lowest BCUT2D eigenvalue weighted by Gasteiger charge is -2.07. The lowest BCUT2D eigenvalue weighted by molar-refractivity contribution is -0.123. The molecule has 166 valence electrons. The number of esters is 1. The van der Waals surface area contributed by atoms with Gasteiger partial charge in [-0.3, -0.25) is 4.79 Å². The van der Waals surface area contributed by atoms with E-state index in [1.807, 2.05) is 49.4 Å². The van der Waals surface area contributed by atoms with Crippen LogP contribution in [0.5, 0.6) is 11.5 Å². The molecule has 8 heteroatoms. The number of nitrogens with one attached hydrogen (secondary N) is 1. The van der Waals surface area contributed by atoms with Crippen molar-refractivity contribution in [3.05, 3.63) is 93.8 Å². The summed E-state index contributed by atoms with van der Waals surface area (Å²) in [6.45, 7) is 1.75. The normalized spacial score (nSPS) is 11.0. The van der Waals surface area contributed by atoms with Crippen LogP contribution in [0.25, 0.3) is 10.1 Å². The molecule has 0 saturated heterocycles. The van der Waals surface area contributed by atoms with E-state index in [0.29, 0.717) is 27.0 Å². The van der Waals surface area contributed by atoms with E-state index in [1.165, 1.54) is 17.6 Å². The molecule has 0 aliphatic carbocycles. The van der Waals surface area contributed by atoms with Crippen molar-refractivity contribution in [2.24, 2.45) is 5.10 Å². The maximum absolute atomic E-state index is 12.6. The number of fused-ring (bicyclic) bond motifs is 1. The molecule has 6 nitrogen and oxygen atoms in total. The van der Waals surface area contributed by atoms with Gasteiger partial charge in [0.05, 0.1) is 11.2 Å². The van der Waals surface area contributed by atoms with Crippen LogP contribution in [0.2, 0.25) is 5.02 Å². The Hall–Kier alpha value is -3.68. The Morgan fingerprint density at radius 3 is 2.67 bits per heavy atom. The quantitative estimate of drug-likeness (QED) is 0.162. The van der Waals surface area contributed by atoms with Crippen molar-refractivity contribution >= 4 is 51.1 Å². The third-order valence-corrected chi connectivity index (χ3v) is 6.30. The molecule has 1 aromatic heterocycles. The zero-order valence-electron chi connectivity index (χ0n) is 17.6. The third-order valence-electron chi connectivity index (χ3n) is 4.64. The highest BCUT2D eigenvalue weighted by atomic mass is 35.5. The Balaban J connectivity index is 1.35. The van der Waals surface area contributed by atoms with Crippen molar-refractivity contribution in [3.8, 4) is 11.5 Å². The fourth-order valence-electron chi connectivity index (χ4n) is 3.03. The number of hydrogen-bond acceptors (Lipinski definition) is 6. The molecular formula is C25H19ClN2O4S. The molecule has 0 atom stereocenters. The maximum atomic E-state index is 12.6. The lowest BCUT2D eigenvalue weighted by Crippen LogP contribution is -2.24. The number of carbonyl (C=O) groups excluding carboxylic acids is 2. The molecule has 1 heterocycles. The zero-order chi connectivity index (χ0) is 23.2. The van der Waals surface area contributed by atoms with E-state index in [2.05, 4.69) is 10.5 Å². The molecule has 1 N–H and O–H groups in total. The topological polar surface area (TPSA) is 77.0 Å². The van der Waals surface area contributed by atoms with Crippen molar-refractivity contribution in [2.75, 3.05) is 6.61 Å². The Kier molecular flexibility index (Phi) is 7.02. The molecule has 4 aromatic rings. The highest BCUT2D eigenvalue weighted by Gasteiger charge is 2.19. The number of nitrogens with zero attached hydrogens (tertiary/aromatic N) is 1. The largest absolute Gasteiger partial charge is 0.483 e. The molecule has 0 spiro atoms. The van der Waals surface area contributed by atoms with E-state index in [1.54, 1.807) is 30.3 Å². The van der Waals surface area contributed by atoms with Gasteiger partial charge in [-0.25, -0.2) is 10.2 Å². The summed E-state index contributed by atoms with van der Waals surface area (Å²) >= 11 is 7.64. The molecule has 0 bridgehead atoms. The predicted octanol–water partition coefficient (Wildman–Crippen LogP) is 5.61. The van der Waals surface area contributed by atoms with Crippen LogP contribution in [0.15, 0.2) is 77.9 Å². The number of hydrogen-bond donors (Lipinski definition) is 1. The van der Waals surface area contributed by atoms with E-state index in [4.69, 9.17) is 21.1 Å². The summed E-state index contributed by atoms with van der Waals surface area (Å²) in [7, 11) is 0. The molecular weight excluding hydrogens is 460 g/mol. The number of benzene rings is 3. The average Bonchev–Trinajstić information content (AvgIpc) is 3.16. The van der Waals surface area contributed by atoms with Crippen LogP contribution in [-0.2, 0) is 4.79 Å². The van der Waals surface area contributed by atoms with Gasteiger partial charge in [0, 0.05) is 10.1 Å². The lowest BCUT2D eigenvalue weighted by atomic mass is 10.2. The van der Waals surface area contributed by atoms with Gasteiger partial charge < -0.3 is 9.47 Å². The van der Waals surface area contributed by atoms with Crippen LogP contribution >= 0.6 is 22.9 Å².